The molecule has 1 atom stereocenters. The summed E-state index contributed by atoms with van der Waals surface area (Å²) in [5.74, 6) is -0.143. The van der Waals surface area contributed by atoms with Gasteiger partial charge in [-0.15, -0.1) is 0 Å². The topological polar surface area (TPSA) is 81.6 Å². The van der Waals surface area contributed by atoms with Gasteiger partial charge in [-0.2, -0.15) is 0 Å². The molecule has 0 bridgehead atoms. The summed E-state index contributed by atoms with van der Waals surface area (Å²) in [6.07, 6.45) is 2.91. The van der Waals surface area contributed by atoms with E-state index in [0.717, 1.165) is 25.8 Å². The van der Waals surface area contributed by atoms with Gasteiger partial charge < -0.3 is 20.8 Å². The maximum atomic E-state index is 11.9. The van der Waals surface area contributed by atoms with E-state index in [2.05, 4.69) is 10.6 Å². The van der Waals surface area contributed by atoms with Gasteiger partial charge in [0.05, 0.1) is 24.8 Å². The fourth-order valence-electron chi connectivity index (χ4n) is 1.74. The number of carbonyl (C=O) groups is 1. The van der Waals surface area contributed by atoms with Crippen molar-refractivity contribution in [1.29, 1.82) is 0 Å². The first-order valence-corrected chi connectivity index (χ1v) is 5.40. The van der Waals surface area contributed by atoms with Crippen LogP contribution in [0.2, 0.25) is 0 Å². The number of aliphatic hydroxyl groups is 2. The molecule has 5 heteroatoms. The minimum Gasteiger partial charge on any atom is -0.394 e. The van der Waals surface area contributed by atoms with Crippen LogP contribution < -0.4 is 10.6 Å². The highest BCUT2D eigenvalue weighted by Gasteiger charge is 2.34. The molecule has 1 unspecified atom stereocenters. The van der Waals surface area contributed by atoms with Crippen LogP contribution in [-0.2, 0) is 4.79 Å². The van der Waals surface area contributed by atoms with Gasteiger partial charge in [-0.05, 0) is 32.7 Å². The third-order valence-corrected chi connectivity index (χ3v) is 2.90. The summed E-state index contributed by atoms with van der Waals surface area (Å²) in [5.41, 5.74) is -0.555. The zero-order chi connectivity index (χ0) is 11.3. The highest BCUT2D eigenvalue weighted by atomic mass is 16.3. The molecule has 5 nitrogen and oxygen atoms in total. The number of rotatable bonds is 4. The van der Waals surface area contributed by atoms with E-state index in [4.69, 9.17) is 10.2 Å². The van der Waals surface area contributed by atoms with Crippen LogP contribution in [0, 0.1) is 0 Å². The molecule has 88 valence electrons. The van der Waals surface area contributed by atoms with Gasteiger partial charge in [-0.3, -0.25) is 4.79 Å². The Kier molecular flexibility index (Phi) is 4.50. The maximum Gasteiger partial charge on any atom is 0.240 e. The van der Waals surface area contributed by atoms with Crippen LogP contribution in [0.1, 0.15) is 26.2 Å². The summed E-state index contributed by atoms with van der Waals surface area (Å²) in [6.45, 7) is 2.22. The van der Waals surface area contributed by atoms with E-state index < -0.39 is 11.6 Å². The average molecular weight is 216 g/mol. The van der Waals surface area contributed by atoms with Crippen LogP contribution >= 0.6 is 0 Å². The summed E-state index contributed by atoms with van der Waals surface area (Å²) >= 11 is 0. The van der Waals surface area contributed by atoms with Gasteiger partial charge in [0.15, 0.2) is 0 Å². The Balaban J connectivity index is 2.50. The van der Waals surface area contributed by atoms with Crippen molar-refractivity contribution in [2.45, 2.75) is 37.8 Å². The Labute approximate surface area is 89.9 Å². The number of piperidine rings is 1. The molecule has 4 N–H and O–H groups in total. The standard InChI is InChI=1S/C10H20N2O3/c1-10(4-2-3-5-11-10)9(15)12-8(6-13)7-14/h8,11,13-14H,2-7H2,1H3,(H,12,15). The van der Waals surface area contributed by atoms with Crippen LogP contribution in [0.15, 0.2) is 0 Å². The van der Waals surface area contributed by atoms with Crippen molar-refractivity contribution < 1.29 is 15.0 Å². The highest BCUT2D eigenvalue weighted by Crippen LogP contribution is 2.18. The SMILES string of the molecule is CC1(C(=O)NC(CO)CO)CCCCN1. The lowest BCUT2D eigenvalue weighted by atomic mass is 9.90. The van der Waals surface area contributed by atoms with Gasteiger partial charge in [0.25, 0.3) is 0 Å². The van der Waals surface area contributed by atoms with E-state index in [9.17, 15) is 4.79 Å². The summed E-state index contributed by atoms with van der Waals surface area (Å²) in [7, 11) is 0. The molecule has 1 saturated heterocycles. The second-order valence-electron chi connectivity index (χ2n) is 4.25. The molecule has 0 saturated carbocycles. The molecule has 0 aromatic carbocycles. The van der Waals surface area contributed by atoms with Crippen molar-refractivity contribution in [3.63, 3.8) is 0 Å². The zero-order valence-electron chi connectivity index (χ0n) is 9.12. The van der Waals surface area contributed by atoms with Crippen molar-refractivity contribution in [2.75, 3.05) is 19.8 Å². The lowest BCUT2D eigenvalue weighted by Crippen LogP contribution is -2.59. The van der Waals surface area contributed by atoms with E-state index in [1.807, 2.05) is 6.92 Å². The van der Waals surface area contributed by atoms with Gasteiger partial charge in [0.2, 0.25) is 5.91 Å². The van der Waals surface area contributed by atoms with E-state index in [-0.39, 0.29) is 19.1 Å². The zero-order valence-corrected chi connectivity index (χ0v) is 9.12. The Morgan fingerprint density at radius 3 is 2.60 bits per heavy atom. The quantitative estimate of drug-likeness (QED) is 0.485. The minimum atomic E-state index is -0.557. The van der Waals surface area contributed by atoms with Gasteiger partial charge in [0.1, 0.15) is 0 Å². The van der Waals surface area contributed by atoms with Crippen LogP contribution in [0.4, 0.5) is 0 Å². The number of hydrogen-bond donors (Lipinski definition) is 4. The van der Waals surface area contributed by atoms with Gasteiger partial charge in [0, 0.05) is 0 Å². The monoisotopic (exact) mass is 216 g/mol. The normalized spacial score (nSPS) is 26.7. The molecular formula is C10H20N2O3. The number of amides is 1. The molecule has 0 aromatic heterocycles. The van der Waals surface area contributed by atoms with Crippen LogP contribution in [0.5, 0.6) is 0 Å². The molecule has 0 spiro atoms. The number of aliphatic hydroxyl groups excluding tert-OH is 2. The third-order valence-electron chi connectivity index (χ3n) is 2.90. The molecule has 1 fully saturated rings. The molecule has 1 aliphatic heterocycles. The van der Waals surface area contributed by atoms with Gasteiger partial charge in [-0.25, -0.2) is 0 Å². The van der Waals surface area contributed by atoms with E-state index >= 15 is 0 Å². The molecule has 1 rings (SSSR count). The fourth-order valence-corrected chi connectivity index (χ4v) is 1.74. The lowest BCUT2D eigenvalue weighted by Gasteiger charge is -2.34. The van der Waals surface area contributed by atoms with Crippen molar-refractivity contribution in [2.24, 2.45) is 0 Å². The average Bonchev–Trinajstić information content (AvgIpc) is 2.26. The summed E-state index contributed by atoms with van der Waals surface area (Å²) in [4.78, 5) is 11.9. The Morgan fingerprint density at radius 1 is 1.47 bits per heavy atom. The van der Waals surface area contributed by atoms with Gasteiger partial charge >= 0.3 is 0 Å². The molecule has 1 amide bonds. The lowest BCUT2D eigenvalue weighted by molar-refractivity contribution is -0.129. The summed E-state index contributed by atoms with van der Waals surface area (Å²) in [6, 6.07) is -0.557. The minimum absolute atomic E-state index is 0.143. The molecule has 15 heavy (non-hydrogen) atoms. The molecule has 1 aliphatic rings. The first-order valence-electron chi connectivity index (χ1n) is 5.40. The van der Waals surface area contributed by atoms with E-state index in [1.165, 1.54) is 0 Å². The van der Waals surface area contributed by atoms with Crippen molar-refractivity contribution in [3.05, 3.63) is 0 Å². The molecule has 0 radical (unpaired) electrons. The van der Waals surface area contributed by atoms with Crippen LogP contribution in [0.3, 0.4) is 0 Å². The van der Waals surface area contributed by atoms with Crippen molar-refractivity contribution in [3.8, 4) is 0 Å². The predicted octanol–water partition coefficient (Wildman–Crippen LogP) is -1.01. The second-order valence-corrected chi connectivity index (χ2v) is 4.25. The molecular weight excluding hydrogens is 196 g/mol. The van der Waals surface area contributed by atoms with Crippen LogP contribution in [0.25, 0.3) is 0 Å². The first-order chi connectivity index (χ1) is 7.12. The predicted molar refractivity (Wildman–Crippen MR) is 56.4 cm³/mol. The Bertz CT molecular complexity index is 211. The largest absolute Gasteiger partial charge is 0.394 e. The summed E-state index contributed by atoms with van der Waals surface area (Å²) in [5, 5.41) is 23.5. The molecule has 0 aliphatic carbocycles. The Morgan fingerprint density at radius 2 is 2.13 bits per heavy atom. The smallest absolute Gasteiger partial charge is 0.240 e. The van der Waals surface area contributed by atoms with E-state index in [0.29, 0.717) is 0 Å². The first kappa shape index (κ1) is 12.4. The molecule has 1 heterocycles. The van der Waals surface area contributed by atoms with Crippen molar-refractivity contribution in [1.82, 2.24) is 10.6 Å². The summed E-state index contributed by atoms with van der Waals surface area (Å²) < 4.78 is 0. The van der Waals surface area contributed by atoms with Gasteiger partial charge in [-0.1, -0.05) is 0 Å². The van der Waals surface area contributed by atoms with Crippen molar-refractivity contribution >= 4 is 5.91 Å². The highest BCUT2D eigenvalue weighted by molar-refractivity contribution is 5.86. The number of carbonyl (C=O) groups excluding carboxylic acids is 1. The number of nitrogens with one attached hydrogen (secondary N) is 2. The van der Waals surface area contributed by atoms with E-state index in [1.54, 1.807) is 0 Å². The number of hydrogen-bond acceptors (Lipinski definition) is 4. The fraction of sp³-hybridized carbons (Fsp3) is 0.900. The second kappa shape index (κ2) is 5.44. The third kappa shape index (κ3) is 3.15. The Hall–Kier alpha value is -0.650. The maximum absolute atomic E-state index is 11.9. The van der Waals surface area contributed by atoms with Crippen LogP contribution in [-0.4, -0.2) is 47.5 Å². The molecule has 0 aromatic rings.